The van der Waals surface area contributed by atoms with Crippen molar-refractivity contribution < 1.29 is 13.2 Å². The minimum Gasteiger partial charge on any atom is -0.326 e. The van der Waals surface area contributed by atoms with Gasteiger partial charge in [0.25, 0.3) is 0 Å². The highest BCUT2D eigenvalue weighted by molar-refractivity contribution is 7.89. The van der Waals surface area contributed by atoms with E-state index in [2.05, 4.69) is 26.1 Å². The third kappa shape index (κ3) is 5.82. The maximum Gasteiger partial charge on any atom is 0.243 e. The summed E-state index contributed by atoms with van der Waals surface area (Å²) in [4.78, 5) is 12.5. The van der Waals surface area contributed by atoms with E-state index in [1.165, 1.54) is 4.31 Å². The van der Waals surface area contributed by atoms with E-state index in [-0.39, 0.29) is 16.2 Å². The molecule has 1 aromatic carbocycles. The van der Waals surface area contributed by atoms with Gasteiger partial charge in [-0.3, -0.25) is 4.79 Å². The van der Waals surface area contributed by atoms with Crippen molar-refractivity contribution >= 4 is 21.6 Å². The normalized spacial score (nSPS) is 12.5. The summed E-state index contributed by atoms with van der Waals surface area (Å²) in [6.45, 7) is 14.5. The summed E-state index contributed by atoms with van der Waals surface area (Å²) in [6.07, 6.45) is 1.18. The van der Waals surface area contributed by atoms with Crippen LogP contribution in [-0.2, 0) is 14.8 Å². The molecule has 1 amide bonds. The standard InChI is InChI=1S/C19H32N2O3S/c1-8-21(9-2)25(23,24)16-12-14(3)15(4)17(13-16)20-18(22)10-11-19(5,6)7/h12-13H,8-11H2,1-7H3,(H,20,22). The van der Waals surface area contributed by atoms with Crippen molar-refractivity contribution in [3.63, 3.8) is 0 Å². The molecule has 0 aliphatic rings. The van der Waals surface area contributed by atoms with Gasteiger partial charge in [-0.2, -0.15) is 4.31 Å². The first-order valence-corrected chi connectivity index (χ1v) is 10.3. The molecule has 0 aliphatic heterocycles. The number of anilines is 1. The topological polar surface area (TPSA) is 66.5 Å². The molecule has 0 fully saturated rings. The van der Waals surface area contributed by atoms with E-state index in [1.54, 1.807) is 12.1 Å². The van der Waals surface area contributed by atoms with Gasteiger partial charge in [0.2, 0.25) is 15.9 Å². The lowest BCUT2D eigenvalue weighted by Crippen LogP contribution is -2.30. The summed E-state index contributed by atoms with van der Waals surface area (Å²) in [5.41, 5.74) is 2.39. The van der Waals surface area contributed by atoms with E-state index in [0.717, 1.165) is 17.5 Å². The molecule has 6 heteroatoms. The molecule has 5 nitrogen and oxygen atoms in total. The zero-order chi connectivity index (χ0) is 19.4. The highest BCUT2D eigenvalue weighted by Gasteiger charge is 2.23. The fourth-order valence-corrected chi connectivity index (χ4v) is 4.09. The van der Waals surface area contributed by atoms with Crippen LogP contribution >= 0.6 is 0 Å². The molecular weight excluding hydrogens is 336 g/mol. The fourth-order valence-electron chi connectivity index (χ4n) is 2.52. The Hall–Kier alpha value is -1.40. The molecule has 0 saturated heterocycles. The summed E-state index contributed by atoms with van der Waals surface area (Å²) < 4.78 is 27.0. The summed E-state index contributed by atoms with van der Waals surface area (Å²) in [7, 11) is -3.55. The second-order valence-corrected chi connectivity index (χ2v) is 9.55. The SMILES string of the molecule is CCN(CC)S(=O)(=O)c1cc(C)c(C)c(NC(=O)CCC(C)(C)C)c1. The van der Waals surface area contributed by atoms with Gasteiger partial charge in [-0.15, -0.1) is 0 Å². The van der Waals surface area contributed by atoms with Crippen LogP contribution in [0.25, 0.3) is 0 Å². The minimum absolute atomic E-state index is 0.0796. The van der Waals surface area contributed by atoms with E-state index in [9.17, 15) is 13.2 Å². The Labute approximate surface area is 152 Å². The minimum atomic E-state index is -3.55. The molecule has 0 heterocycles. The van der Waals surface area contributed by atoms with Crippen LogP contribution in [0.5, 0.6) is 0 Å². The van der Waals surface area contributed by atoms with E-state index in [4.69, 9.17) is 0 Å². The summed E-state index contributed by atoms with van der Waals surface area (Å²) in [5, 5.41) is 2.89. The molecule has 0 aliphatic carbocycles. The number of carbonyl (C=O) groups is 1. The van der Waals surface area contributed by atoms with Gasteiger partial charge < -0.3 is 5.32 Å². The summed E-state index contributed by atoms with van der Waals surface area (Å²) >= 11 is 0. The highest BCUT2D eigenvalue weighted by Crippen LogP contribution is 2.27. The fraction of sp³-hybridized carbons (Fsp3) is 0.632. The van der Waals surface area contributed by atoms with Crippen LogP contribution in [0, 0.1) is 19.3 Å². The average molecular weight is 369 g/mol. The second-order valence-electron chi connectivity index (χ2n) is 7.61. The largest absolute Gasteiger partial charge is 0.326 e. The van der Waals surface area contributed by atoms with Crippen molar-refractivity contribution in [2.75, 3.05) is 18.4 Å². The Morgan fingerprint density at radius 3 is 2.16 bits per heavy atom. The molecule has 1 rings (SSSR count). The number of hydrogen-bond acceptors (Lipinski definition) is 3. The van der Waals surface area contributed by atoms with Gasteiger partial charge >= 0.3 is 0 Å². The van der Waals surface area contributed by atoms with Gasteiger partial charge in [-0.05, 0) is 48.9 Å². The van der Waals surface area contributed by atoms with Crippen LogP contribution in [0.1, 0.15) is 58.6 Å². The average Bonchev–Trinajstić information content (AvgIpc) is 2.49. The smallest absolute Gasteiger partial charge is 0.243 e. The van der Waals surface area contributed by atoms with Crippen LogP contribution in [-0.4, -0.2) is 31.7 Å². The molecule has 0 unspecified atom stereocenters. The second kappa shape index (κ2) is 8.32. The van der Waals surface area contributed by atoms with Crippen molar-refractivity contribution in [3.8, 4) is 0 Å². The number of carbonyl (C=O) groups excluding carboxylic acids is 1. The molecule has 0 atom stereocenters. The lowest BCUT2D eigenvalue weighted by Gasteiger charge is -2.21. The lowest BCUT2D eigenvalue weighted by atomic mass is 9.90. The maximum absolute atomic E-state index is 12.8. The summed E-state index contributed by atoms with van der Waals surface area (Å²) in [5.74, 6) is -0.0881. The van der Waals surface area contributed by atoms with E-state index < -0.39 is 10.0 Å². The van der Waals surface area contributed by atoms with Crippen molar-refractivity contribution in [2.24, 2.45) is 5.41 Å². The molecular formula is C19H32N2O3S. The molecule has 25 heavy (non-hydrogen) atoms. The molecule has 0 spiro atoms. The zero-order valence-corrected chi connectivity index (χ0v) is 17.4. The van der Waals surface area contributed by atoms with Crippen molar-refractivity contribution in [1.82, 2.24) is 4.31 Å². The van der Waals surface area contributed by atoms with Gasteiger partial charge in [0, 0.05) is 25.2 Å². The molecule has 142 valence electrons. The van der Waals surface area contributed by atoms with Gasteiger partial charge in [-0.1, -0.05) is 34.6 Å². The number of nitrogens with zero attached hydrogens (tertiary/aromatic N) is 1. The van der Waals surface area contributed by atoms with Crippen LogP contribution in [0.15, 0.2) is 17.0 Å². The molecule has 1 N–H and O–H groups in total. The van der Waals surface area contributed by atoms with Crippen LogP contribution < -0.4 is 5.32 Å². The lowest BCUT2D eigenvalue weighted by molar-refractivity contribution is -0.116. The van der Waals surface area contributed by atoms with Gasteiger partial charge in [-0.25, -0.2) is 8.42 Å². The van der Waals surface area contributed by atoms with Crippen LogP contribution in [0.4, 0.5) is 5.69 Å². The Balaban J connectivity index is 3.14. The Morgan fingerprint density at radius 2 is 1.68 bits per heavy atom. The Morgan fingerprint density at radius 1 is 1.12 bits per heavy atom. The number of hydrogen-bond donors (Lipinski definition) is 1. The quantitative estimate of drug-likeness (QED) is 0.788. The van der Waals surface area contributed by atoms with Gasteiger partial charge in [0.05, 0.1) is 4.90 Å². The van der Waals surface area contributed by atoms with E-state index in [0.29, 0.717) is 25.2 Å². The van der Waals surface area contributed by atoms with Crippen LogP contribution in [0.3, 0.4) is 0 Å². The Kier molecular flexibility index (Phi) is 7.20. The predicted octanol–water partition coefficient (Wildman–Crippen LogP) is 4.10. The van der Waals surface area contributed by atoms with E-state index in [1.807, 2.05) is 27.7 Å². The molecule has 0 aromatic heterocycles. The van der Waals surface area contributed by atoms with E-state index >= 15 is 0 Å². The number of nitrogens with one attached hydrogen (secondary N) is 1. The molecule has 1 aromatic rings. The van der Waals surface area contributed by atoms with Gasteiger partial charge in [0.1, 0.15) is 0 Å². The van der Waals surface area contributed by atoms with Gasteiger partial charge in [0.15, 0.2) is 0 Å². The molecule has 0 radical (unpaired) electrons. The van der Waals surface area contributed by atoms with Crippen LogP contribution in [0.2, 0.25) is 0 Å². The highest BCUT2D eigenvalue weighted by atomic mass is 32.2. The zero-order valence-electron chi connectivity index (χ0n) is 16.6. The number of rotatable bonds is 7. The Bertz CT molecular complexity index is 715. The number of sulfonamides is 1. The van der Waals surface area contributed by atoms with Crippen molar-refractivity contribution in [2.45, 2.75) is 66.2 Å². The predicted molar refractivity (Wildman–Crippen MR) is 103 cm³/mol. The molecule has 0 bridgehead atoms. The maximum atomic E-state index is 12.8. The number of benzene rings is 1. The first kappa shape index (κ1) is 21.6. The first-order chi connectivity index (χ1) is 11.4. The number of amides is 1. The third-order valence-electron chi connectivity index (χ3n) is 4.36. The third-order valence-corrected chi connectivity index (χ3v) is 6.39. The van der Waals surface area contributed by atoms with Crippen molar-refractivity contribution in [1.29, 1.82) is 0 Å². The first-order valence-electron chi connectivity index (χ1n) is 8.83. The monoisotopic (exact) mass is 368 g/mol. The number of aryl methyl sites for hydroxylation is 1. The van der Waals surface area contributed by atoms with Crippen molar-refractivity contribution in [3.05, 3.63) is 23.3 Å². The molecule has 0 saturated carbocycles. The summed E-state index contributed by atoms with van der Waals surface area (Å²) in [6, 6.07) is 3.25.